The summed E-state index contributed by atoms with van der Waals surface area (Å²) in [5.41, 5.74) is 7.79. The summed E-state index contributed by atoms with van der Waals surface area (Å²) in [6.45, 7) is 0. The lowest BCUT2D eigenvalue weighted by atomic mass is 10.1. The Morgan fingerprint density at radius 3 is 2.39 bits per heavy atom. The number of hydrogen-bond donors (Lipinski definition) is 1. The maximum absolute atomic E-state index is 11.7. The van der Waals surface area contributed by atoms with Crippen LogP contribution in [0.1, 0.15) is 10.4 Å². The third-order valence-corrected chi connectivity index (χ3v) is 2.49. The van der Waals surface area contributed by atoms with Crippen LogP contribution in [0.4, 0.5) is 5.82 Å². The molecule has 0 saturated carbocycles. The molecule has 0 spiro atoms. The Morgan fingerprint density at radius 1 is 1.17 bits per heavy atom. The summed E-state index contributed by atoms with van der Waals surface area (Å²) < 4.78 is 0. The number of amides is 1. The van der Waals surface area contributed by atoms with Crippen LogP contribution in [-0.4, -0.2) is 34.9 Å². The van der Waals surface area contributed by atoms with Crippen LogP contribution < -0.4 is 5.73 Å². The van der Waals surface area contributed by atoms with Crippen LogP contribution in [0.5, 0.6) is 0 Å². The first-order chi connectivity index (χ1) is 8.58. The van der Waals surface area contributed by atoms with Crippen molar-refractivity contribution in [2.75, 3.05) is 19.8 Å². The molecule has 1 aromatic carbocycles. The first-order valence-electron chi connectivity index (χ1n) is 5.47. The summed E-state index contributed by atoms with van der Waals surface area (Å²) in [6.07, 6.45) is 3.13. The second-order valence-corrected chi connectivity index (χ2v) is 4.11. The number of aromatic nitrogens is 2. The Labute approximate surface area is 105 Å². The van der Waals surface area contributed by atoms with Crippen LogP contribution in [-0.2, 0) is 0 Å². The van der Waals surface area contributed by atoms with E-state index in [-0.39, 0.29) is 5.91 Å². The Kier molecular flexibility index (Phi) is 3.23. The van der Waals surface area contributed by atoms with Gasteiger partial charge in [0.05, 0.1) is 18.1 Å². The van der Waals surface area contributed by atoms with Crippen molar-refractivity contribution in [1.29, 1.82) is 0 Å². The molecule has 0 radical (unpaired) electrons. The summed E-state index contributed by atoms with van der Waals surface area (Å²) in [5, 5.41) is 0. The maximum Gasteiger partial charge on any atom is 0.253 e. The molecule has 2 rings (SSSR count). The zero-order chi connectivity index (χ0) is 13.1. The largest absolute Gasteiger partial charge is 0.382 e. The van der Waals surface area contributed by atoms with E-state index in [0.717, 1.165) is 5.56 Å². The van der Waals surface area contributed by atoms with Crippen molar-refractivity contribution in [1.82, 2.24) is 14.9 Å². The molecular formula is C13H14N4O. The second kappa shape index (κ2) is 4.83. The molecule has 92 valence electrons. The van der Waals surface area contributed by atoms with Gasteiger partial charge in [0.2, 0.25) is 0 Å². The molecule has 5 heteroatoms. The number of hydrogen-bond acceptors (Lipinski definition) is 4. The fraction of sp³-hybridized carbons (Fsp3) is 0.154. The van der Waals surface area contributed by atoms with E-state index in [1.54, 1.807) is 32.4 Å². The lowest BCUT2D eigenvalue weighted by molar-refractivity contribution is 0.0827. The van der Waals surface area contributed by atoms with E-state index in [1.807, 2.05) is 12.1 Å². The van der Waals surface area contributed by atoms with Gasteiger partial charge in [-0.05, 0) is 12.1 Å². The van der Waals surface area contributed by atoms with Crippen molar-refractivity contribution >= 4 is 11.7 Å². The van der Waals surface area contributed by atoms with Gasteiger partial charge in [0.25, 0.3) is 5.91 Å². The van der Waals surface area contributed by atoms with E-state index in [1.165, 1.54) is 11.1 Å². The Hall–Kier alpha value is -2.43. The predicted molar refractivity (Wildman–Crippen MR) is 69.9 cm³/mol. The van der Waals surface area contributed by atoms with Crippen LogP contribution in [0.25, 0.3) is 11.3 Å². The molecule has 2 aromatic rings. The van der Waals surface area contributed by atoms with E-state index < -0.39 is 0 Å². The van der Waals surface area contributed by atoms with Crippen LogP contribution in [0.15, 0.2) is 36.7 Å². The Bertz CT molecular complexity index is 563. The number of nitrogens with zero attached hydrogens (tertiary/aromatic N) is 3. The Balaban J connectivity index is 2.30. The van der Waals surface area contributed by atoms with Gasteiger partial charge < -0.3 is 10.6 Å². The smallest absolute Gasteiger partial charge is 0.253 e. The highest BCUT2D eigenvalue weighted by atomic mass is 16.2. The summed E-state index contributed by atoms with van der Waals surface area (Å²) in [4.78, 5) is 21.4. The van der Waals surface area contributed by atoms with Gasteiger partial charge in [-0.15, -0.1) is 0 Å². The molecular weight excluding hydrogens is 228 g/mol. The molecule has 1 heterocycles. The highest BCUT2D eigenvalue weighted by molar-refractivity contribution is 5.94. The first-order valence-corrected chi connectivity index (χ1v) is 5.47. The number of carbonyl (C=O) groups excluding carboxylic acids is 1. The molecule has 0 aliphatic carbocycles. The maximum atomic E-state index is 11.7. The van der Waals surface area contributed by atoms with Gasteiger partial charge in [0, 0.05) is 25.2 Å². The minimum Gasteiger partial charge on any atom is -0.382 e. The Morgan fingerprint density at radius 2 is 1.83 bits per heavy atom. The minimum atomic E-state index is -0.0276. The van der Waals surface area contributed by atoms with Gasteiger partial charge in [-0.25, -0.2) is 4.98 Å². The summed E-state index contributed by atoms with van der Waals surface area (Å²) in [5.74, 6) is 0.348. The lowest BCUT2D eigenvalue weighted by Crippen LogP contribution is -2.21. The molecule has 0 bridgehead atoms. The number of nitrogen functional groups attached to an aromatic ring is 1. The molecule has 18 heavy (non-hydrogen) atoms. The van der Waals surface area contributed by atoms with Crippen molar-refractivity contribution in [2.45, 2.75) is 0 Å². The molecule has 2 N–H and O–H groups in total. The zero-order valence-corrected chi connectivity index (χ0v) is 10.3. The van der Waals surface area contributed by atoms with Gasteiger partial charge in [0.1, 0.15) is 5.82 Å². The number of anilines is 1. The minimum absolute atomic E-state index is 0.0276. The second-order valence-electron chi connectivity index (χ2n) is 4.11. The molecule has 0 saturated heterocycles. The van der Waals surface area contributed by atoms with E-state index in [4.69, 9.17) is 5.73 Å². The van der Waals surface area contributed by atoms with Crippen molar-refractivity contribution in [3.8, 4) is 11.3 Å². The van der Waals surface area contributed by atoms with Crippen molar-refractivity contribution in [2.24, 2.45) is 0 Å². The summed E-state index contributed by atoms with van der Waals surface area (Å²) >= 11 is 0. The van der Waals surface area contributed by atoms with Gasteiger partial charge in [-0.2, -0.15) is 0 Å². The van der Waals surface area contributed by atoms with Crippen LogP contribution in [0, 0.1) is 0 Å². The fourth-order valence-electron chi connectivity index (χ4n) is 1.56. The van der Waals surface area contributed by atoms with Crippen LogP contribution in [0.3, 0.4) is 0 Å². The first kappa shape index (κ1) is 12.0. The SMILES string of the molecule is CN(C)C(=O)c1ccc(-c2cncc(N)n2)cc1. The van der Waals surface area contributed by atoms with E-state index >= 15 is 0 Å². The standard InChI is InChI=1S/C13H14N4O/c1-17(2)13(18)10-5-3-9(4-6-10)11-7-15-8-12(14)16-11/h3-8H,1-2H3,(H2,14,16). The molecule has 5 nitrogen and oxygen atoms in total. The molecule has 0 atom stereocenters. The number of carbonyl (C=O) groups is 1. The van der Waals surface area contributed by atoms with Crippen molar-refractivity contribution < 1.29 is 4.79 Å². The van der Waals surface area contributed by atoms with Crippen LogP contribution >= 0.6 is 0 Å². The van der Waals surface area contributed by atoms with Crippen molar-refractivity contribution in [3.05, 3.63) is 42.2 Å². The number of nitrogens with two attached hydrogens (primary N) is 1. The normalized spacial score (nSPS) is 10.1. The molecule has 0 fully saturated rings. The summed E-state index contributed by atoms with van der Waals surface area (Å²) in [7, 11) is 3.44. The quantitative estimate of drug-likeness (QED) is 0.864. The van der Waals surface area contributed by atoms with E-state index in [2.05, 4.69) is 9.97 Å². The molecule has 0 unspecified atom stereocenters. The highest BCUT2D eigenvalue weighted by Crippen LogP contribution is 2.17. The molecule has 0 aliphatic rings. The predicted octanol–water partition coefficient (Wildman–Crippen LogP) is 1.43. The highest BCUT2D eigenvalue weighted by Gasteiger charge is 2.08. The zero-order valence-electron chi connectivity index (χ0n) is 10.3. The van der Waals surface area contributed by atoms with Crippen LogP contribution in [0.2, 0.25) is 0 Å². The van der Waals surface area contributed by atoms with Crippen molar-refractivity contribution in [3.63, 3.8) is 0 Å². The average Bonchev–Trinajstić information content (AvgIpc) is 2.38. The molecule has 0 aliphatic heterocycles. The lowest BCUT2D eigenvalue weighted by Gasteiger charge is -2.10. The average molecular weight is 242 g/mol. The van der Waals surface area contributed by atoms with Gasteiger partial charge in [-0.1, -0.05) is 12.1 Å². The van der Waals surface area contributed by atoms with Gasteiger partial charge >= 0.3 is 0 Å². The number of benzene rings is 1. The molecule has 1 aromatic heterocycles. The third kappa shape index (κ3) is 2.45. The van der Waals surface area contributed by atoms with Gasteiger partial charge in [-0.3, -0.25) is 9.78 Å². The van der Waals surface area contributed by atoms with E-state index in [0.29, 0.717) is 17.1 Å². The third-order valence-electron chi connectivity index (χ3n) is 2.49. The fourth-order valence-corrected chi connectivity index (χ4v) is 1.56. The molecule has 1 amide bonds. The monoisotopic (exact) mass is 242 g/mol. The topological polar surface area (TPSA) is 72.1 Å². The summed E-state index contributed by atoms with van der Waals surface area (Å²) in [6, 6.07) is 7.20. The van der Waals surface area contributed by atoms with E-state index in [9.17, 15) is 4.79 Å². The van der Waals surface area contributed by atoms with Gasteiger partial charge in [0.15, 0.2) is 0 Å². The number of rotatable bonds is 2.